The van der Waals surface area contributed by atoms with Crippen molar-refractivity contribution in [2.24, 2.45) is 35.5 Å². The van der Waals surface area contributed by atoms with Crippen molar-refractivity contribution in [2.45, 2.75) is 90.1 Å². The molecule has 4 unspecified atom stereocenters. The summed E-state index contributed by atoms with van der Waals surface area (Å²) in [5, 5.41) is 0. The number of allylic oxidation sites excluding steroid dienone is 4. The Morgan fingerprint density at radius 1 is 0.875 bits per heavy atom. The lowest BCUT2D eigenvalue weighted by Crippen LogP contribution is -2.39. The topological polar surface area (TPSA) is 0 Å². The largest absolute Gasteiger partial charge is 0.231 e. The van der Waals surface area contributed by atoms with Crippen LogP contribution in [0.5, 0.6) is 0 Å². The van der Waals surface area contributed by atoms with Crippen molar-refractivity contribution in [1.82, 2.24) is 0 Å². The summed E-state index contributed by atoms with van der Waals surface area (Å²) >= 11 is 0. The van der Waals surface area contributed by atoms with Crippen LogP contribution in [0, 0.1) is 35.5 Å². The molecule has 0 saturated heterocycles. The van der Waals surface area contributed by atoms with Crippen molar-refractivity contribution in [2.75, 3.05) is 0 Å². The molecule has 0 amide bonds. The van der Waals surface area contributed by atoms with Crippen molar-refractivity contribution in [3.05, 3.63) is 60.0 Å². The summed E-state index contributed by atoms with van der Waals surface area (Å²) in [5.74, 6) is 2.54. The molecular formula is C30H42F2. The third kappa shape index (κ3) is 4.90. The summed E-state index contributed by atoms with van der Waals surface area (Å²) in [5.41, 5.74) is -0.941. The fraction of sp³-hybridized carbons (Fsp3) is 0.667. The van der Waals surface area contributed by atoms with Gasteiger partial charge < -0.3 is 0 Å². The molecule has 4 rings (SSSR count). The van der Waals surface area contributed by atoms with E-state index >= 15 is 8.78 Å². The van der Waals surface area contributed by atoms with Gasteiger partial charge in [0.25, 0.3) is 0 Å². The van der Waals surface area contributed by atoms with Crippen LogP contribution in [0.15, 0.2) is 54.4 Å². The zero-order valence-electron chi connectivity index (χ0n) is 20.3. The minimum atomic E-state index is -1.95. The Hall–Kier alpha value is -1.44. The monoisotopic (exact) mass is 440 g/mol. The normalized spacial score (nSPS) is 37.5. The van der Waals surface area contributed by atoms with Gasteiger partial charge in [-0.15, -0.1) is 0 Å². The molecule has 2 fully saturated rings. The second-order valence-electron chi connectivity index (χ2n) is 11.1. The van der Waals surface area contributed by atoms with Crippen molar-refractivity contribution in [3.63, 3.8) is 0 Å². The van der Waals surface area contributed by atoms with E-state index in [9.17, 15) is 0 Å². The predicted octanol–water partition coefficient (Wildman–Crippen LogP) is 9.20. The average Bonchev–Trinajstić information content (AvgIpc) is 2.85. The van der Waals surface area contributed by atoms with Gasteiger partial charge in [0.15, 0.2) is 5.67 Å². The molecule has 2 saturated carbocycles. The lowest BCUT2D eigenvalue weighted by atomic mass is 9.64. The lowest BCUT2D eigenvalue weighted by Gasteiger charge is -2.42. The standard InChI is InChI=1S/C30H42F2/c1-4-23-10-12-24(13-11-23)21(2)25-14-16-26(17-15-25)22(3)30(32)19-18-28(20-29(30)31)27-8-6-5-7-9-27/h5-9,18-26,28H,4,10-17H2,1-3H3. The van der Waals surface area contributed by atoms with E-state index in [0.717, 1.165) is 42.1 Å². The molecule has 0 nitrogen and oxygen atoms in total. The molecule has 3 aliphatic rings. The van der Waals surface area contributed by atoms with Crippen molar-refractivity contribution < 1.29 is 8.78 Å². The summed E-state index contributed by atoms with van der Waals surface area (Å²) in [6, 6.07) is 9.80. The first-order valence-electron chi connectivity index (χ1n) is 13.2. The molecular weight excluding hydrogens is 398 g/mol. The van der Waals surface area contributed by atoms with Gasteiger partial charge in [-0.2, -0.15) is 0 Å². The highest BCUT2D eigenvalue weighted by molar-refractivity contribution is 5.38. The molecule has 32 heavy (non-hydrogen) atoms. The Morgan fingerprint density at radius 2 is 1.44 bits per heavy atom. The van der Waals surface area contributed by atoms with Crippen molar-refractivity contribution in [3.8, 4) is 0 Å². The van der Waals surface area contributed by atoms with Gasteiger partial charge in [0.1, 0.15) is 5.83 Å². The molecule has 0 heterocycles. The van der Waals surface area contributed by atoms with E-state index in [0.29, 0.717) is 0 Å². The number of benzene rings is 1. The predicted molar refractivity (Wildman–Crippen MR) is 131 cm³/mol. The molecule has 1 aromatic carbocycles. The van der Waals surface area contributed by atoms with Gasteiger partial charge in [0, 0.05) is 11.8 Å². The van der Waals surface area contributed by atoms with Gasteiger partial charge in [-0.25, -0.2) is 8.78 Å². The van der Waals surface area contributed by atoms with Gasteiger partial charge in [0.2, 0.25) is 0 Å². The second-order valence-corrected chi connectivity index (χ2v) is 11.1. The Kier molecular flexibility index (Phi) is 7.58. The van der Waals surface area contributed by atoms with Crippen LogP contribution in [-0.2, 0) is 0 Å². The molecule has 0 N–H and O–H groups in total. The summed E-state index contributed by atoms with van der Waals surface area (Å²) < 4.78 is 31.0. The Bertz CT molecular complexity index is 780. The molecule has 0 radical (unpaired) electrons. The lowest BCUT2D eigenvalue weighted by molar-refractivity contribution is 0.0620. The van der Waals surface area contributed by atoms with Crippen molar-refractivity contribution >= 4 is 0 Å². The van der Waals surface area contributed by atoms with Gasteiger partial charge >= 0.3 is 0 Å². The van der Waals surface area contributed by atoms with Crippen LogP contribution in [0.2, 0.25) is 0 Å². The molecule has 0 aromatic heterocycles. The molecule has 176 valence electrons. The third-order valence-corrected chi connectivity index (χ3v) is 9.56. The summed E-state index contributed by atoms with van der Waals surface area (Å²) in [4.78, 5) is 0. The number of halogens is 2. The van der Waals surface area contributed by atoms with Crippen LogP contribution < -0.4 is 0 Å². The second kappa shape index (κ2) is 10.2. The first-order valence-corrected chi connectivity index (χ1v) is 13.2. The maximum atomic E-state index is 15.9. The highest BCUT2D eigenvalue weighted by Crippen LogP contribution is 2.49. The summed E-state index contributed by atoms with van der Waals surface area (Å²) in [6.07, 6.45) is 16.2. The SMILES string of the molecule is CCC1CCC(C(C)C2CCC(C(C)C3(F)C=CC(c4ccccc4)C=C3F)CC2)CC1. The van der Waals surface area contributed by atoms with Gasteiger partial charge in [-0.3, -0.25) is 0 Å². The van der Waals surface area contributed by atoms with E-state index in [-0.39, 0.29) is 17.8 Å². The van der Waals surface area contributed by atoms with Crippen LogP contribution in [0.1, 0.15) is 90.0 Å². The maximum Gasteiger partial charge on any atom is 0.182 e. The first-order chi connectivity index (χ1) is 15.4. The first kappa shape index (κ1) is 23.7. The summed E-state index contributed by atoms with van der Waals surface area (Å²) in [6.45, 7) is 6.73. The summed E-state index contributed by atoms with van der Waals surface area (Å²) in [7, 11) is 0. The van der Waals surface area contributed by atoms with E-state index < -0.39 is 11.5 Å². The Balaban J connectivity index is 1.33. The smallest absolute Gasteiger partial charge is 0.182 e. The number of hydrogen-bond donors (Lipinski definition) is 0. The number of hydrogen-bond acceptors (Lipinski definition) is 0. The van der Waals surface area contributed by atoms with Crippen LogP contribution >= 0.6 is 0 Å². The molecule has 0 spiro atoms. The van der Waals surface area contributed by atoms with E-state index in [2.05, 4.69) is 13.8 Å². The third-order valence-electron chi connectivity index (χ3n) is 9.56. The van der Waals surface area contributed by atoms with Gasteiger partial charge in [0.05, 0.1) is 0 Å². The number of alkyl halides is 1. The van der Waals surface area contributed by atoms with Crippen LogP contribution in [0.25, 0.3) is 0 Å². The highest BCUT2D eigenvalue weighted by Gasteiger charge is 2.45. The van der Waals surface area contributed by atoms with E-state index in [1.165, 1.54) is 57.1 Å². The minimum absolute atomic E-state index is 0.174. The van der Waals surface area contributed by atoms with Gasteiger partial charge in [-0.1, -0.05) is 76.4 Å². The molecule has 0 bridgehead atoms. The van der Waals surface area contributed by atoms with Crippen LogP contribution in [-0.4, -0.2) is 5.67 Å². The maximum absolute atomic E-state index is 15.9. The molecule has 4 atom stereocenters. The van der Waals surface area contributed by atoms with E-state index in [1.807, 2.05) is 43.3 Å². The Labute approximate surface area is 194 Å². The zero-order valence-corrected chi connectivity index (χ0v) is 20.3. The highest BCUT2D eigenvalue weighted by atomic mass is 19.2. The molecule has 1 aromatic rings. The van der Waals surface area contributed by atoms with E-state index in [4.69, 9.17) is 0 Å². The average molecular weight is 441 g/mol. The van der Waals surface area contributed by atoms with Crippen molar-refractivity contribution in [1.29, 1.82) is 0 Å². The van der Waals surface area contributed by atoms with Gasteiger partial charge in [-0.05, 0) is 85.8 Å². The molecule has 0 aliphatic heterocycles. The Morgan fingerprint density at radius 3 is 2.00 bits per heavy atom. The zero-order chi connectivity index (χ0) is 22.7. The van der Waals surface area contributed by atoms with Crippen LogP contribution in [0.3, 0.4) is 0 Å². The minimum Gasteiger partial charge on any atom is -0.231 e. The molecule has 3 aliphatic carbocycles. The quantitative estimate of drug-likeness (QED) is 0.387. The fourth-order valence-corrected chi connectivity index (χ4v) is 6.94. The van der Waals surface area contributed by atoms with Crippen LogP contribution in [0.4, 0.5) is 8.78 Å². The fourth-order valence-electron chi connectivity index (χ4n) is 6.94. The number of rotatable bonds is 6. The van der Waals surface area contributed by atoms with E-state index in [1.54, 1.807) is 0 Å². The molecule has 2 heteroatoms.